The molecular formula is C91H140N24O29. The molecule has 20 amide bonds. The fourth-order valence-electron chi connectivity index (χ4n) is 14.6. The summed E-state index contributed by atoms with van der Waals surface area (Å²) in [6.07, 6.45) is -8.42. The summed E-state index contributed by atoms with van der Waals surface area (Å²) in [5, 5.41) is 114. The molecule has 0 radical (unpaired) electrons. The average Bonchev–Trinajstić information content (AvgIpc) is 1.51. The van der Waals surface area contributed by atoms with Crippen LogP contribution in [0.3, 0.4) is 0 Å². The Labute approximate surface area is 828 Å². The predicted octanol–water partition coefficient (Wildman–Crippen LogP) is -9.58. The van der Waals surface area contributed by atoms with Crippen molar-refractivity contribution in [3.63, 3.8) is 0 Å². The van der Waals surface area contributed by atoms with E-state index in [0.717, 1.165) is 34.6 Å². The van der Waals surface area contributed by atoms with Crippen molar-refractivity contribution in [2.75, 3.05) is 19.7 Å². The van der Waals surface area contributed by atoms with E-state index < -0.39 is 327 Å². The molecule has 0 unspecified atom stereocenters. The Bertz CT molecular complexity index is 5160. The molecule has 2 aromatic carbocycles. The van der Waals surface area contributed by atoms with Gasteiger partial charge in [0.2, 0.25) is 118 Å². The molecule has 36 N–H and O–H groups in total. The molecule has 2 aromatic heterocycles. The van der Waals surface area contributed by atoms with Gasteiger partial charge in [-0.05, 0) is 134 Å². The van der Waals surface area contributed by atoms with Crippen LogP contribution in [-0.2, 0) is 118 Å². The number of primary amides is 3. The number of hydrogen-bond donors (Lipinski definition) is 31. The normalized spacial score (nSPS) is 15.9. The minimum atomic E-state index is -2.12. The second-order valence-corrected chi connectivity index (χ2v) is 36.1. The van der Waals surface area contributed by atoms with E-state index >= 15 is 0 Å². The summed E-state index contributed by atoms with van der Waals surface area (Å²) in [6, 6.07) is -15.9. The van der Waals surface area contributed by atoms with Crippen LogP contribution >= 0.6 is 0 Å². The molecule has 0 aliphatic rings. The fourth-order valence-corrected chi connectivity index (χ4v) is 14.6. The molecule has 53 heteroatoms. The maximum atomic E-state index is 15.0. The maximum absolute atomic E-state index is 15.0. The molecular weight excluding hydrogens is 1890 g/mol. The van der Waals surface area contributed by atoms with E-state index in [9.17, 15) is 141 Å². The van der Waals surface area contributed by atoms with Crippen molar-refractivity contribution in [2.45, 2.75) is 300 Å². The number of unbranched alkanes of at least 4 members (excludes halogenated alkanes) is 1. The lowest BCUT2D eigenvalue weighted by atomic mass is 9.98. The van der Waals surface area contributed by atoms with Gasteiger partial charge >= 0.3 is 11.9 Å². The first-order chi connectivity index (χ1) is 67.5. The first kappa shape index (κ1) is 122. The van der Waals surface area contributed by atoms with Crippen LogP contribution in [0.25, 0.3) is 21.8 Å². The molecule has 144 heavy (non-hydrogen) atoms. The third kappa shape index (κ3) is 40.2. The van der Waals surface area contributed by atoms with E-state index in [1.54, 1.807) is 96.3 Å². The van der Waals surface area contributed by atoms with Gasteiger partial charge in [0.15, 0.2) is 0 Å². The Morgan fingerprint density at radius 3 is 1.08 bits per heavy atom. The Morgan fingerprint density at radius 2 is 0.688 bits per heavy atom. The standard InChI is InChI=1S/C91H140N24O29/c1-13-42(6)70(96)86(138)110-63(35-67(95)123)85(137)114-72(46(10)118)87(139)102-55(25-27-65(93)121)79(131)109-61(33-50-37-98-54-23-17-15-21-52(50)54)83(135)107-58(30-40(2)3)81(133)108-59(31-41(4)5)84(136)113-73(47(11)119)89(141)111-64(39-116)77(129)99-38-68(124)112-71(45(9)117)90(142)115-74(48(12)120)88(140)103-56(26-28-69(125)126)78(130)100-43(7)76(128)106-62(34-66(94)122)80(132)101-44(8)75(127)105-60(32-49-36-97-53-22-16-14-20-51(49)53)82(134)104-57(91(143)144)24-18-19-29-92/h14-17,20-23,36-37,40-48,55-64,70-74,97-98,116-120H,13,18-19,24-35,38-39,92,96H2,1-12H3,(H2,93,121)(H2,94,122)(H2,95,123)(H,99,129)(H,100,130)(H,101,132)(H,102,139)(H,103,140)(H,104,134)(H,105,127)(H,106,128)(H,107,135)(H,108,133)(H,109,131)(H,110,138)(H,111,141)(H,112,124)(H,113,136)(H,114,137)(H,115,142)(H,125,126)(H,143,144)/t42-,43-,44-,45+,46+,47+,48+,55-,56-,57-,58-,59-,60-,61-,62-,63-,64-,70-,71-,72-,73-,74-/m0/s1. The molecule has 0 saturated carbocycles. The molecule has 4 rings (SSSR count). The lowest BCUT2D eigenvalue weighted by Crippen LogP contribution is -2.63. The number of benzene rings is 2. The first-order valence-corrected chi connectivity index (χ1v) is 46.8. The molecule has 53 nitrogen and oxygen atoms in total. The highest BCUT2D eigenvalue weighted by Crippen LogP contribution is 2.23. The van der Waals surface area contributed by atoms with Gasteiger partial charge in [-0.15, -0.1) is 0 Å². The number of H-pyrrole nitrogens is 2. The number of rotatable bonds is 64. The number of aromatic amines is 2. The highest BCUT2D eigenvalue weighted by atomic mass is 16.4. The SMILES string of the molecule is CC[C@H](C)[C@H](N)C(=O)N[C@@H](CC(N)=O)C(=O)N[C@H](C(=O)N[C@@H](CCC(N)=O)C(=O)N[C@@H](Cc1c[nH]c2ccccc12)C(=O)N[C@@H](CC(C)C)C(=O)N[C@@H](CC(C)C)C(=O)N[C@H](C(=O)N[C@@H](CO)C(=O)NCC(=O)N[C@H](C(=O)N[C@H](C(=O)N[C@@H](CCC(=O)O)C(=O)N[C@@H](C)C(=O)N[C@@H](CC(N)=O)C(=O)N[C@@H](C)C(=O)N[C@@H](Cc1c[nH]c2ccccc12)C(=O)N[C@@H](CCCCN)C(=O)O)[C@@H](C)O)[C@@H](C)O)[C@@H](C)O)[C@@H](C)O. The molecule has 0 aliphatic carbocycles. The van der Waals surface area contributed by atoms with Gasteiger partial charge in [0, 0.05) is 59.9 Å². The number of carbonyl (C=O) groups is 22. The van der Waals surface area contributed by atoms with Crippen LogP contribution in [0, 0.1) is 17.8 Å². The van der Waals surface area contributed by atoms with Gasteiger partial charge < -0.3 is 165 Å². The van der Waals surface area contributed by atoms with Gasteiger partial charge in [-0.3, -0.25) is 101 Å². The van der Waals surface area contributed by atoms with Gasteiger partial charge in [0.25, 0.3) is 0 Å². The van der Waals surface area contributed by atoms with Crippen molar-refractivity contribution < 1.29 is 141 Å². The molecule has 0 fully saturated rings. The lowest BCUT2D eigenvalue weighted by Gasteiger charge is -2.29. The number of aliphatic hydroxyl groups excluding tert-OH is 5. The van der Waals surface area contributed by atoms with Crippen LogP contribution in [0.5, 0.6) is 0 Å². The van der Waals surface area contributed by atoms with Gasteiger partial charge in [-0.25, -0.2) is 4.79 Å². The van der Waals surface area contributed by atoms with Crippen molar-refractivity contribution in [2.24, 2.45) is 46.4 Å². The summed E-state index contributed by atoms with van der Waals surface area (Å²) in [5.41, 5.74) is 30.2. The fraction of sp³-hybridized carbons (Fsp3) is 0.582. The van der Waals surface area contributed by atoms with Crippen molar-refractivity contribution >= 4 is 152 Å². The highest BCUT2D eigenvalue weighted by molar-refractivity contribution is 6.03. The summed E-state index contributed by atoms with van der Waals surface area (Å²) in [6.45, 7) is 14.2. The minimum absolute atomic E-state index is 0.00840. The number of carboxylic acid groups (broad SMARTS) is 2. The Hall–Kier alpha value is -14.4. The third-order valence-electron chi connectivity index (χ3n) is 22.9. The number of aliphatic hydroxyl groups is 5. The summed E-state index contributed by atoms with van der Waals surface area (Å²) in [4.78, 5) is 305. The number of para-hydroxylation sites is 2. The number of aromatic nitrogens is 2. The Balaban J connectivity index is 1.47. The monoisotopic (exact) mass is 2030 g/mol. The van der Waals surface area contributed by atoms with Crippen molar-refractivity contribution in [1.29, 1.82) is 0 Å². The van der Waals surface area contributed by atoms with Crippen LogP contribution in [0.4, 0.5) is 0 Å². The maximum Gasteiger partial charge on any atom is 0.326 e. The van der Waals surface area contributed by atoms with E-state index in [4.69, 9.17) is 28.7 Å². The van der Waals surface area contributed by atoms with Crippen LogP contribution in [0.2, 0.25) is 0 Å². The van der Waals surface area contributed by atoms with Crippen molar-refractivity contribution in [3.8, 4) is 0 Å². The van der Waals surface area contributed by atoms with E-state index in [2.05, 4.69) is 100 Å². The molecule has 0 saturated heterocycles. The molecule has 4 aromatic rings. The molecule has 798 valence electrons. The minimum Gasteiger partial charge on any atom is -0.481 e. The number of carbonyl (C=O) groups excluding carboxylic acids is 20. The molecule has 22 atom stereocenters. The largest absolute Gasteiger partial charge is 0.481 e. The first-order valence-electron chi connectivity index (χ1n) is 46.8. The van der Waals surface area contributed by atoms with E-state index in [-0.39, 0.29) is 38.6 Å². The third-order valence-corrected chi connectivity index (χ3v) is 22.9. The van der Waals surface area contributed by atoms with Crippen LogP contribution < -0.4 is 119 Å². The van der Waals surface area contributed by atoms with E-state index in [1.807, 2.05) is 0 Å². The quantitative estimate of drug-likeness (QED) is 0.0183. The molecule has 0 spiro atoms. The summed E-state index contributed by atoms with van der Waals surface area (Å²) < 4.78 is 0. The van der Waals surface area contributed by atoms with Crippen LogP contribution in [-0.4, -0.2) is 323 Å². The topological polar surface area (TPSA) is 883 Å². The number of nitrogens with one attached hydrogen (secondary N) is 19. The zero-order valence-corrected chi connectivity index (χ0v) is 82.1. The van der Waals surface area contributed by atoms with Crippen molar-refractivity contribution in [1.82, 2.24) is 100 Å². The zero-order chi connectivity index (χ0) is 109. The second-order valence-electron chi connectivity index (χ2n) is 36.1. The number of fused-ring (bicyclic) bond motifs is 2. The number of amides is 20. The predicted molar refractivity (Wildman–Crippen MR) is 513 cm³/mol. The van der Waals surface area contributed by atoms with Crippen LogP contribution in [0.1, 0.15) is 171 Å². The molecule has 0 aliphatic heterocycles. The van der Waals surface area contributed by atoms with Gasteiger partial charge in [-0.1, -0.05) is 84.4 Å². The summed E-state index contributed by atoms with van der Waals surface area (Å²) in [7, 11) is 0. The van der Waals surface area contributed by atoms with Gasteiger partial charge in [0.05, 0.1) is 56.5 Å². The number of hydrogen-bond acceptors (Lipinski definition) is 29. The Morgan fingerprint density at radius 1 is 0.354 bits per heavy atom. The second kappa shape index (κ2) is 59.5. The summed E-state index contributed by atoms with van der Waals surface area (Å²) in [5.74, 6) is -27.4. The number of aliphatic carboxylic acids is 2. The van der Waals surface area contributed by atoms with Gasteiger partial charge in [0.1, 0.15) is 96.7 Å². The van der Waals surface area contributed by atoms with Gasteiger partial charge in [-0.2, -0.15) is 0 Å². The number of nitrogens with two attached hydrogens (primary N) is 5. The lowest BCUT2D eigenvalue weighted by molar-refractivity contribution is -0.142. The van der Waals surface area contributed by atoms with Crippen molar-refractivity contribution in [3.05, 3.63) is 72.1 Å². The zero-order valence-electron chi connectivity index (χ0n) is 82.1. The van der Waals surface area contributed by atoms with E-state index in [0.29, 0.717) is 52.2 Å². The van der Waals surface area contributed by atoms with E-state index in [1.165, 1.54) is 13.1 Å². The Kier molecular flexibility index (Phi) is 50.3. The smallest absolute Gasteiger partial charge is 0.326 e. The highest BCUT2D eigenvalue weighted by Gasteiger charge is 2.42. The molecule has 2 heterocycles. The average molecular weight is 2030 g/mol. The number of carboxylic acids is 2. The summed E-state index contributed by atoms with van der Waals surface area (Å²) >= 11 is 0. The molecule has 0 bridgehead atoms. The van der Waals surface area contributed by atoms with Crippen LogP contribution in [0.15, 0.2) is 60.9 Å².